The van der Waals surface area contributed by atoms with Crippen molar-refractivity contribution in [1.82, 2.24) is 4.57 Å². The fraction of sp³-hybridized carbons (Fsp3) is 0. The summed E-state index contributed by atoms with van der Waals surface area (Å²) in [6, 6.07) is 73.9. The zero-order valence-corrected chi connectivity index (χ0v) is 29.9. The number of aromatic nitrogens is 1. The van der Waals surface area contributed by atoms with Gasteiger partial charge in [0, 0.05) is 55.6 Å². The highest BCUT2D eigenvalue weighted by Gasteiger charge is 2.20. The van der Waals surface area contributed by atoms with E-state index < -0.39 is 0 Å². The summed E-state index contributed by atoms with van der Waals surface area (Å²) in [6.07, 6.45) is 0. The molecule has 0 aliphatic carbocycles. The third-order valence-electron chi connectivity index (χ3n) is 11.0. The summed E-state index contributed by atoms with van der Waals surface area (Å²) in [7, 11) is 0. The molecule has 0 aliphatic heterocycles. The molecule has 3 nitrogen and oxygen atoms in total. The molecule has 0 atom stereocenters. The molecule has 0 amide bonds. The Morgan fingerprint density at radius 2 is 1.02 bits per heavy atom. The lowest BCUT2D eigenvalue weighted by Gasteiger charge is -2.28. The molecule has 0 saturated heterocycles. The van der Waals surface area contributed by atoms with Gasteiger partial charge in [0.1, 0.15) is 11.2 Å². The Kier molecular flexibility index (Phi) is 7.17. The summed E-state index contributed by atoms with van der Waals surface area (Å²) >= 11 is 0. The average Bonchev–Trinajstić information content (AvgIpc) is 3.80. The first kappa shape index (κ1) is 31.2. The second-order valence-electron chi connectivity index (χ2n) is 14.1. The largest absolute Gasteiger partial charge is 0.456 e. The van der Waals surface area contributed by atoms with Gasteiger partial charge in [0.2, 0.25) is 0 Å². The van der Waals surface area contributed by atoms with E-state index in [1.165, 1.54) is 43.7 Å². The first-order valence-electron chi connectivity index (χ1n) is 18.8. The van der Waals surface area contributed by atoms with Gasteiger partial charge < -0.3 is 13.9 Å². The van der Waals surface area contributed by atoms with Crippen molar-refractivity contribution in [1.29, 1.82) is 0 Å². The summed E-state index contributed by atoms with van der Waals surface area (Å²) in [6.45, 7) is 0. The van der Waals surface area contributed by atoms with Gasteiger partial charge in [-0.05, 0) is 76.7 Å². The zero-order chi connectivity index (χ0) is 36.3. The molecule has 11 aromatic rings. The maximum atomic E-state index is 6.40. The molecule has 55 heavy (non-hydrogen) atoms. The van der Waals surface area contributed by atoms with Gasteiger partial charge in [-0.1, -0.05) is 146 Å². The summed E-state index contributed by atoms with van der Waals surface area (Å²) < 4.78 is 8.83. The second kappa shape index (κ2) is 12.6. The van der Waals surface area contributed by atoms with Gasteiger partial charge in [0.15, 0.2) is 0 Å². The molecule has 0 fully saturated rings. The third kappa shape index (κ3) is 5.13. The van der Waals surface area contributed by atoms with Crippen LogP contribution in [0.5, 0.6) is 0 Å². The van der Waals surface area contributed by atoms with Crippen molar-refractivity contribution in [2.45, 2.75) is 0 Å². The molecule has 0 radical (unpaired) electrons. The monoisotopic (exact) mass is 702 g/mol. The number of hydrogen-bond donors (Lipinski definition) is 0. The number of furan rings is 1. The van der Waals surface area contributed by atoms with E-state index in [1.807, 2.05) is 12.1 Å². The van der Waals surface area contributed by atoms with E-state index in [0.29, 0.717) is 0 Å². The Hall–Kier alpha value is -7.36. The molecule has 2 heterocycles. The molecule has 9 aromatic carbocycles. The Labute approximate surface area is 318 Å². The minimum absolute atomic E-state index is 0.868. The van der Waals surface area contributed by atoms with Crippen molar-refractivity contribution in [3.05, 3.63) is 206 Å². The number of nitrogens with zero attached hydrogens (tertiary/aromatic N) is 2. The highest BCUT2D eigenvalue weighted by Crippen LogP contribution is 2.44. The van der Waals surface area contributed by atoms with Crippen molar-refractivity contribution < 1.29 is 4.42 Å². The number of anilines is 3. The van der Waals surface area contributed by atoms with Crippen molar-refractivity contribution in [3.8, 4) is 27.9 Å². The molecule has 0 bridgehead atoms. The van der Waals surface area contributed by atoms with Crippen LogP contribution in [0.3, 0.4) is 0 Å². The van der Waals surface area contributed by atoms with Crippen LogP contribution in [0, 0.1) is 0 Å². The van der Waals surface area contributed by atoms with Crippen LogP contribution >= 0.6 is 0 Å². The van der Waals surface area contributed by atoms with Crippen LogP contribution in [0.25, 0.3) is 82.5 Å². The Bertz CT molecular complexity index is 3190. The van der Waals surface area contributed by atoms with Gasteiger partial charge >= 0.3 is 0 Å². The van der Waals surface area contributed by atoms with Crippen LogP contribution in [0.4, 0.5) is 17.1 Å². The van der Waals surface area contributed by atoms with Gasteiger partial charge in [0.25, 0.3) is 0 Å². The summed E-state index contributed by atoms with van der Waals surface area (Å²) in [4.78, 5) is 2.35. The normalized spacial score (nSPS) is 11.6. The summed E-state index contributed by atoms with van der Waals surface area (Å²) in [5.74, 6) is 0. The highest BCUT2D eigenvalue weighted by atomic mass is 16.3. The summed E-state index contributed by atoms with van der Waals surface area (Å²) in [5, 5.41) is 7.23. The van der Waals surface area contributed by atoms with Crippen LogP contribution < -0.4 is 4.90 Å². The number of hydrogen-bond acceptors (Lipinski definition) is 2. The Balaban J connectivity index is 1.07. The SMILES string of the molecule is c1ccc(-c2ccccc2N(c2ccc(-c3ccc4c5ccc6ccccc6c5n(-c5ccccc5)c4c3)cc2)c2ccc3c(c2)oc2ccccc23)cc1. The lowest BCUT2D eigenvalue weighted by Crippen LogP contribution is -2.11. The van der Waals surface area contributed by atoms with E-state index in [-0.39, 0.29) is 0 Å². The van der Waals surface area contributed by atoms with Gasteiger partial charge in [-0.25, -0.2) is 0 Å². The van der Waals surface area contributed by atoms with Crippen LogP contribution in [0.15, 0.2) is 211 Å². The number of benzene rings is 9. The van der Waals surface area contributed by atoms with E-state index in [0.717, 1.165) is 55.8 Å². The number of fused-ring (bicyclic) bond motifs is 8. The molecule has 258 valence electrons. The first-order chi connectivity index (χ1) is 27.3. The van der Waals surface area contributed by atoms with E-state index in [1.54, 1.807) is 0 Å². The maximum absolute atomic E-state index is 6.40. The second-order valence-corrected chi connectivity index (χ2v) is 14.1. The lowest BCUT2D eigenvalue weighted by atomic mass is 10.00. The van der Waals surface area contributed by atoms with Crippen molar-refractivity contribution in [2.75, 3.05) is 4.90 Å². The number of rotatable bonds is 6. The molecule has 0 N–H and O–H groups in total. The van der Waals surface area contributed by atoms with Gasteiger partial charge in [-0.2, -0.15) is 0 Å². The van der Waals surface area contributed by atoms with Gasteiger partial charge in [0.05, 0.1) is 16.7 Å². The molecular formula is C52H34N2O. The van der Waals surface area contributed by atoms with Gasteiger partial charge in [-0.15, -0.1) is 0 Å². The molecular weight excluding hydrogens is 669 g/mol. The maximum Gasteiger partial charge on any atom is 0.137 e. The standard InChI is InChI=1S/C52H34N2O/c1-3-13-36(14-4-1)42-18-9-11-21-48(42)53(41-29-32-46-45-20-10-12-22-50(45)55-51(46)34-41)40-27-23-35(24-28-40)38-26-30-44-47-31-25-37-15-7-8-19-43(37)52(47)54(49(44)33-38)39-16-5-2-6-17-39/h1-34H. The van der Waals surface area contributed by atoms with Crippen LogP contribution in [0.2, 0.25) is 0 Å². The Morgan fingerprint density at radius 3 is 1.87 bits per heavy atom. The van der Waals surface area contributed by atoms with Crippen LogP contribution in [0.1, 0.15) is 0 Å². The summed E-state index contributed by atoms with van der Waals surface area (Å²) in [5.41, 5.74) is 13.2. The van der Waals surface area contributed by atoms with Crippen molar-refractivity contribution in [2.24, 2.45) is 0 Å². The smallest absolute Gasteiger partial charge is 0.137 e. The van der Waals surface area contributed by atoms with E-state index in [2.05, 4.69) is 204 Å². The first-order valence-corrected chi connectivity index (χ1v) is 18.8. The minimum atomic E-state index is 0.868. The zero-order valence-electron chi connectivity index (χ0n) is 29.9. The fourth-order valence-electron chi connectivity index (χ4n) is 8.42. The quantitative estimate of drug-likeness (QED) is 0.172. The van der Waals surface area contributed by atoms with Gasteiger partial charge in [-0.3, -0.25) is 0 Å². The molecule has 2 aromatic heterocycles. The molecule has 0 aliphatic rings. The van der Waals surface area contributed by atoms with E-state index in [4.69, 9.17) is 4.42 Å². The van der Waals surface area contributed by atoms with E-state index in [9.17, 15) is 0 Å². The molecule has 3 heteroatoms. The Morgan fingerprint density at radius 1 is 0.382 bits per heavy atom. The number of para-hydroxylation sites is 3. The molecule has 11 rings (SSSR count). The predicted octanol–water partition coefficient (Wildman–Crippen LogP) is 14.6. The topological polar surface area (TPSA) is 21.3 Å². The van der Waals surface area contributed by atoms with Crippen LogP contribution in [-0.2, 0) is 0 Å². The molecule has 0 unspecified atom stereocenters. The lowest BCUT2D eigenvalue weighted by molar-refractivity contribution is 0.669. The van der Waals surface area contributed by atoms with Crippen LogP contribution in [-0.4, -0.2) is 4.57 Å². The average molecular weight is 703 g/mol. The minimum Gasteiger partial charge on any atom is -0.456 e. The van der Waals surface area contributed by atoms with Crippen molar-refractivity contribution in [3.63, 3.8) is 0 Å². The third-order valence-corrected chi connectivity index (χ3v) is 11.0. The van der Waals surface area contributed by atoms with E-state index >= 15 is 0 Å². The fourth-order valence-corrected chi connectivity index (χ4v) is 8.42. The highest BCUT2D eigenvalue weighted by molar-refractivity contribution is 6.19. The molecule has 0 spiro atoms. The predicted molar refractivity (Wildman–Crippen MR) is 231 cm³/mol. The van der Waals surface area contributed by atoms with Crippen molar-refractivity contribution >= 4 is 71.6 Å². The molecule has 0 saturated carbocycles.